The van der Waals surface area contributed by atoms with Crippen molar-refractivity contribution in [2.24, 2.45) is 0 Å². The Kier molecular flexibility index (Phi) is 7.45. The van der Waals surface area contributed by atoms with E-state index >= 15 is 0 Å². The number of amides is 2. The number of urea groups is 1. The molecule has 0 aliphatic carbocycles. The number of hydrogen-bond donors (Lipinski definition) is 3. The monoisotopic (exact) mass is 262 g/mol. The van der Waals surface area contributed by atoms with Crippen LogP contribution < -0.4 is 5.32 Å². The van der Waals surface area contributed by atoms with Gasteiger partial charge in [-0.05, 0) is 6.42 Å². The molecule has 0 bridgehead atoms. The molecule has 0 spiro atoms. The van der Waals surface area contributed by atoms with Crippen LogP contribution in [0.1, 0.15) is 12.8 Å². The lowest BCUT2D eigenvalue weighted by atomic mass is 10.1. The van der Waals surface area contributed by atoms with E-state index in [1.807, 2.05) is 0 Å². The number of nitrogens with zero attached hydrogens (tertiary/aromatic N) is 1. The van der Waals surface area contributed by atoms with Crippen LogP contribution in [0.4, 0.5) is 4.79 Å². The Morgan fingerprint density at radius 1 is 1.39 bits per heavy atom. The zero-order valence-corrected chi connectivity index (χ0v) is 10.4. The van der Waals surface area contributed by atoms with E-state index in [0.29, 0.717) is 0 Å². The fourth-order valence-electron chi connectivity index (χ4n) is 1.13. The average Bonchev–Trinajstić information content (AvgIpc) is 2.33. The number of ether oxygens (including phenoxy) is 1. The molecule has 0 saturated heterocycles. The minimum Gasteiger partial charge on any atom is -0.480 e. The molecule has 2 amide bonds. The van der Waals surface area contributed by atoms with Crippen LogP contribution >= 0.6 is 0 Å². The molecule has 0 aromatic heterocycles. The number of hydrogen-bond acceptors (Lipinski definition) is 5. The number of carbonyl (C=O) groups is 3. The lowest BCUT2D eigenvalue weighted by molar-refractivity contribution is -0.142. The lowest BCUT2D eigenvalue weighted by Crippen LogP contribution is -2.47. The van der Waals surface area contributed by atoms with E-state index in [-0.39, 0.29) is 26.0 Å². The van der Waals surface area contributed by atoms with E-state index in [1.165, 1.54) is 14.2 Å². The molecule has 1 atom stereocenters. The highest BCUT2D eigenvalue weighted by atomic mass is 16.5. The van der Waals surface area contributed by atoms with Crippen molar-refractivity contribution >= 4 is 18.0 Å². The van der Waals surface area contributed by atoms with Gasteiger partial charge < -0.3 is 25.2 Å². The van der Waals surface area contributed by atoms with Crippen molar-refractivity contribution in [1.82, 2.24) is 10.2 Å². The molecule has 8 heteroatoms. The van der Waals surface area contributed by atoms with Crippen molar-refractivity contribution in [2.75, 3.05) is 27.3 Å². The van der Waals surface area contributed by atoms with Gasteiger partial charge in [-0.15, -0.1) is 0 Å². The van der Waals surface area contributed by atoms with Gasteiger partial charge in [-0.1, -0.05) is 0 Å². The normalized spacial score (nSPS) is 11.5. The number of carboxylic acid groups (broad SMARTS) is 1. The van der Waals surface area contributed by atoms with E-state index in [4.69, 9.17) is 10.2 Å². The average molecular weight is 262 g/mol. The summed E-state index contributed by atoms with van der Waals surface area (Å²) in [5, 5.41) is 19.8. The number of nitrogens with one attached hydrogen (secondary N) is 1. The van der Waals surface area contributed by atoms with Crippen LogP contribution in [0.15, 0.2) is 0 Å². The van der Waals surface area contributed by atoms with Crippen LogP contribution in [0.3, 0.4) is 0 Å². The van der Waals surface area contributed by atoms with Gasteiger partial charge in [-0.25, -0.2) is 9.59 Å². The highest BCUT2D eigenvalue weighted by Crippen LogP contribution is 2.00. The Balaban J connectivity index is 4.31. The summed E-state index contributed by atoms with van der Waals surface area (Å²) in [4.78, 5) is 34.4. The molecule has 18 heavy (non-hydrogen) atoms. The molecule has 0 aliphatic heterocycles. The van der Waals surface area contributed by atoms with Crippen molar-refractivity contribution in [2.45, 2.75) is 18.9 Å². The maximum Gasteiger partial charge on any atom is 0.326 e. The Morgan fingerprint density at radius 2 is 2.00 bits per heavy atom. The predicted octanol–water partition coefficient (Wildman–Crippen LogP) is -0.973. The first-order valence-corrected chi connectivity index (χ1v) is 5.34. The largest absolute Gasteiger partial charge is 0.480 e. The zero-order valence-electron chi connectivity index (χ0n) is 10.4. The van der Waals surface area contributed by atoms with Crippen molar-refractivity contribution in [1.29, 1.82) is 0 Å². The Hall–Kier alpha value is -1.83. The van der Waals surface area contributed by atoms with E-state index in [9.17, 15) is 14.4 Å². The number of aliphatic hydroxyl groups excluding tert-OH is 1. The SMILES string of the molecule is COC(=O)CC[C@@H](NC(=O)N(C)CCO)C(=O)O. The summed E-state index contributed by atoms with van der Waals surface area (Å²) in [6, 6.07) is -1.79. The van der Waals surface area contributed by atoms with E-state index in [2.05, 4.69) is 10.1 Å². The maximum absolute atomic E-state index is 11.5. The highest BCUT2D eigenvalue weighted by molar-refractivity contribution is 5.83. The summed E-state index contributed by atoms with van der Waals surface area (Å²) in [6.45, 7) is -0.126. The summed E-state index contributed by atoms with van der Waals surface area (Å²) in [5.41, 5.74) is 0. The van der Waals surface area contributed by atoms with Gasteiger partial charge in [0.15, 0.2) is 0 Å². The molecular formula is C10H18N2O6. The molecule has 0 radical (unpaired) electrons. The molecule has 8 nitrogen and oxygen atoms in total. The van der Waals surface area contributed by atoms with Crippen molar-refractivity contribution in [3.63, 3.8) is 0 Å². The number of likely N-dealkylation sites (N-methyl/N-ethyl adjacent to an activating group) is 1. The van der Waals surface area contributed by atoms with Crippen LogP contribution in [-0.2, 0) is 14.3 Å². The van der Waals surface area contributed by atoms with E-state index in [1.54, 1.807) is 0 Å². The number of aliphatic carboxylic acids is 1. The minimum atomic E-state index is -1.23. The second kappa shape index (κ2) is 8.29. The topological polar surface area (TPSA) is 116 Å². The van der Waals surface area contributed by atoms with Crippen LogP contribution in [0, 0.1) is 0 Å². The standard InChI is InChI=1S/C10H18N2O6/c1-12(5-6-13)10(17)11-7(9(15)16)3-4-8(14)18-2/h7,13H,3-6H2,1-2H3,(H,11,17)(H,15,16)/t7-/m1/s1. The first kappa shape index (κ1) is 16.2. The van der Waals surface area contributed by atoms with E-state index in [0.717, 1.165) is 4.90 Å². The summed E-state index contributed by atoms with van der Waals surface area (Å²) in [6.07, 6.45) is -0.155. The van der Waals surface area contributed by atoms with Gasteiger partial charge in [0.05, 0.1) is 13.7 Å². The number of aliphatic hydroxyl groups is 1. The molecule has 3 N–H and O–H groups in total. The third kappa shape index (κ3) is 6.04. The van der Waals surface area contributed by atoms with Crippen molar-refractivity contribution in [3.05, 3.63) is 0 Å². The van der Waals surface area contributed by atoms with Gasteiger partial charge in [-0.2, -0.15) is 0 Å². The lowest BCUT2D eigenvalue weighted by Gasteiger charge is -2.20. The fraction of sp³-hybridized carbons (Fsp3) is 0.700. The third-order valence-electron chi connectivity index (χ3n) is 2.24. The van der Waals surface area contributed by atoms with Crippen LogP contribution in [0.25, 0.3) is 0 Å². The Labute approximate surface area is 105 Å². The molecule has 0 heterocycles. The molecular weight excluding hydrogens is 244 g/mol. The first-order chi connectivity index (χ1) is 8.42. The third-order valence-corrected chi connectivity index (χ3v) is 2.24. The summed E-state index contributed by atoms with van der Waals surface area (Å²) in [5.74, 6) is -1.77. The Morgan fingerprint density at radius 3 is 2.44 bits per heavy atom. The molecule has 0 aromatic carbocycles. The van der Waals surface area contributed by atoms with Gasteiger partial charge in [0.25, 0.3) is 0 Å². The highest BCUT2D eigenvalue weighted by Gasteiger charge is 2.22. The number of carboxylic acids is 1. The van der Waals surface area contributed by atoms with Gasteiger partial charge >= 0.3 is 18.0 Å². The number of esters is 1. The second-order valence-corrected chi connectivity index (χ2v) is 3.60. The van der Waals surface area contributed by atoms with E-state index < -0.39 is 24.0 Å². The van der Waals surface area contributed by atoms with Gasteiger partial charge in [0.1, 0.15) is 6.04 Å². The zero-order chi connectivity index (χ0) is 14.1. The fourth-order valence-corrected chi connectivity index (χ4v) is 1.13. The van der Waals surface area contributed by atoms with Crippen LogP contribution in [-0.4, -0.2) is 66.4 Å². The number of carbonyl (C=O) groups excluding carboxylic acids is 2. The molecule has 0 aromatic rings. The molecule has 0 rings (SSSR count). The summed E-state index contributed by atoms with van der Waals surface area (Å²) in [7, 11) is 2.62. The summed E-state index contributed by atoms with van der Waals surface area (Å²) < 4.78 is 4.38. The quantitative estimate of drug-likeness (QED) is 0.508. The van der Waals surface area contributed by atoms with Gasteiger partial charge in [0.2, 0.25) is 0 Å². The Bertz CT molecular complexity index is 307. The molecule has 0 saturated carbocycles. The van der Waals surface area contributed by atoms with Crippen LogP contribution in [0.5, 0.6) is 0 Å². The first-order valence-electron chi connectivity index (χ1n) is 5.34. The molecule has 0 unspecified atom stereocenters. The molecule has 104 valence electrons. The van der Waals surface area contributed by atoms with Gasteiger partial charge in [-0.3, -0.25) is 4.79 Å². The van der Waals surface area contributed by atoms with Gasteiger partial charge in [0, 0.05) is 20.0 Å². The van der Waals surface area contributed by atoms with Crippen molar-refractivity contribution in [3.8, 4) is 0 Å². The van der Waals surface area contributed by atoms with Crippen LogP contribution in [0.2, 0.25) is 0 Å². The maximum atomic E-state index is 11.5. The number of rotatable bonds is 7. The smallest absolute Gasteiger partial charge is 0.326 e. The minimum absolute atomic E-state index is 0.0548. The second-order valence-electron chi connectivity index (χ2n) is 3.60. The predicted molar refractivity (Wildman–Crippen MR) is 60.9 cm³/mol. The summed E-state index contributed by atoms with van der Waals surface area (Å²) >= 11 is 0. The molecule has 0 aliphatic rings. The van der Waals surface area contributed by atoms with Crippen molar-refractivity contribution < 1.29 is 29.3 Å². The molecule has 0 fully saturated rings. The number of methoxy groups -OCH3 is 1.